The zero-order valence-corrected chi connectivity index (χ0v) is 8.68. The first-order chi connectivity index (χ1) is 5.81. The summed E-state index contributed by atoms with van der Waals surface area (Å²) in [6.07, 6.45) is 12.1. The summed E-state index contributed by atoms with van der Waals surface area (Å²) in [5, 5.41) is 0. The van der Waals surface area contributed by atoms with Crippen LogP contribution in [-0.2, 0) is 0 Å². The molecule has 0 bridgehead atoms. The highest BCUT2D eigenvalue weighted by Gasteiger charge is 1.95. The second-order valence-corrected chi connectivity index (χ2v) is 3.58. The van der Waals surface area contributed by atoms with Crippen molar-refractivity contribution in [2.75, 3.05) is 0 Å². The van der Waals surface area contributed by atoms with E-state index in [1.54, 1.807) is 0 Å². The number of rotatable bonds is 7. The average Bonchev–Trinajstić information content (AvgIpc) is 2.10. The smallest absolute Gasteiger partial charge is 0.0351 e. The van der Waals surface area contributed by atoms with Crippen molar-refractivity contribution in [3.05, 3.63) is 19.1 Å². The van der Waals surface area contributed by atoms with E-state index in [0.717, 1.165) is 12.3 Å². The molecule has 0 heterocycles. The summed E-state index contributed by atoms with van der Waals surface area (Å²) in [5.41, 5.74) is 0. The van der Waals surface area contributed by atoms with Gasteiger partial charge in [0.05, 0.1) is 0 Å². The van der Waals surface area contributed by atoms with Gasteiger partial charge in [-0.15, -0.1) is 0 Å². The maximum Gasteiger partial charge on any atom is -0.0351 e. The van der Waals surface area contributed by atoms with Gasteiger partial charge in [-0.05, 0) is 25.2 Å². The normalized spacial score (nSPS) is 13.9. The highest BCUT2D eigenvalue weighted by Crippen LogP contribution is 2.10. The van der Waals surface area contributed by atoms with Crippen molar-refractivity contribution in [1.82, 2.24) is 0 Å². The van der Waals surface area contributed by atoms with Gasteiger partial charge in [-0.2, -0.15) is 0 Å². The van der Waals surface area contributed by atoms with Crippen LogP contribution in [0.2, 0.25) is 0 Å². The van der Waals surface area contributed by atoms with Crippen LogP contribution in [0, 0.1) is 12.8 Å². The molecule has 1 unspecified atom stereocenters. The van der Waals surface area contributed by atoms with Crippen LogP contribution >= 0.6 is 0 Å². The molecule has 0 aliphatic heterocycles. The maximum absolute atomic E-state index is 3.90. The molecule has 0 aromatic heterocycles. The monoisotopic (exact) mass is 167 g/mol. The Balaban J connectivity index is 3.09. The minimum absolute atomic E-state index is 0.810. The fourth-order valence-electron chi connectivity index (χ4n) is 1.13. The minimum atomic E-state index is 0.810. The van der Waals surface area contributed by atoms with Crippen LogP contribution in [0.25, 0.3) is 0 Å². The molecule has 0 rings (SSSR count). The molecule has 0 fully saturated rings. The first-order valence-corrected chi connectivity index (χ1v) is 5.25. The molecule has 71 valence electrons. The Kier molecular flexibility index (Phi) is 8.64. The average molecular weight is 167 g/mol. The van der Waals surface area contributed by atoms with Crippen LogP contribution in [0.3, 0.4) is 0 Å². The molecule has 0 saturated heterocycles. The molecule has 1 atom stereocenters. The fraction of sp³-hybridized carbons (Fsp3) is 0.750. The predicted octanol–water partition coefficient (Wildman–Crippen LogP) is 4.37. The third kappa shape index (κ3) is 7.84. The summed E-state index contributed by atoms with van der Waals surface area (Å²) in [6.45, 7) is 8.39. The summed E-state index contributed by atoms with van der Waals surface area (Å²) in [6, 6.07) is 0. The molecule has 0 aromatic carbocycles. The summed E-state index contributed by atoms with van der Waals surface area (Å²) >= 11 is 0. The Morgan fingerprint density at radius 2 is 1.92 bits per heavy atom. The second kappa shape index (κ2) is 8.83. The topological polar surface area (TPSA) is 0 Å². The lowest BCUT2D eigenvalue weighted by atomic mass is 10.0. The Morgan fingerprint density at radius 1 is 1.25 bits per heavy atom. The van der Waals surface area contributed by atoms with Crippen molar-refractivity contribution < 1.29 is 0 Å². The summed E-state index contributed by atoms with van der Waals surface area (Å²) in [7, 11) is 0. The van der Waals surface area contributed by atoms with Gasteiger partial charge < -0.3 is 0 Å². The van der Waals surface area contributed by atoms with E-state index in [4.69, 9.17) is 0 Å². The van der Waals surface area contributed by atoms with E-state index in [2.05, 4.69) is 32.9 Å². The standard InChI is InChI=1S/C12H23/c1-4-6-7-8-9-10-11-12(3)5-2/h7-8,12H,2,4-6,9-11H2,1,3H3/b8-7+. The van der Waals surface area contributed by atoms with Gasteiger partial charge in [0.1, 0.15) is 0 Å². The minimum Gasteiger partial charge on any atom is -0.0885 e. The lowest BCUT2D eigenvalue weighted by Crippen LogP contribution is -1.90. The van der Waals surface area contributed by atoms with Crippen molar-refractivity contribution in [2.24, 2.45) is 5.92 Å². The highest BCUT2D eigenvalue weighted by molar-refractivity contribution is 4.80. The van der Waals surface area contributed by atoms with Crippen LogP contribution in [-0.4, -0.2) is 0 Å². The first kappa shape index (κ1) is 11.7. The molecule has 0 nitrogen and oxygen atoms in total. The molecule has 0 aromatic rings. The Hall–Kier alpha value is -0.260. The molecule has 0 amide bonds. The third-order valence-corrected chi connectivity index (χ3v) is 2.18. The highest BCUT2D eigenvalue weighted by atomic mass is 14.0. The van der Waals surface area contributed by atoms with E-state index >= 15 is 0 Å². The van der Waals surface area contributed by atoms with Crippen LogP contribution in [0.5, 0.6) is 0 Å². The van der Waals surface area contributed by atoms with Gasteiger partial charge in [-0.3, -0.25) is 0 Å². The van der Waals surface area contributed by atoms with Crippen molar-refractivity contribution >= 4 is 0 Å². The van der Waals surface area contributed by atoms with Gasteiger partial charge in [0, 0.05) is 0 Å². The van der Waals surface area contributed by atoms with Crippen molar-refractivity contribution in [1.29, 1.82) is 0 Å². The Morgan fingerprint density at radius 3 is 2.50 bits per heavy atom. The van der Waals surface area contributed by atoms with Gasteiger partial charge >= 0.3 is 0 Å². The van der Waals surface area contributed by atoms with Gasteiger partial charge in [0.15, 0.2) is 0 Å². The molecule has 0 aliphatic rings. The van der Waals surface area contributed by atoms with Crippen LogP contribution < -0.4 is 0 Å². The maximum atomic E-state index is 3.90. The fourth-order valence-corrected chi connectivity index (χ4v) is 1.13. The van der Waals surface area contributed by atoms with E-state index < -0.39 is 0 Å². The van der Waals surface area contributed by atoms with Crippen LogP contribution in [0.15, 0.2) is 12.2 Å². The number of hydrogen-bond donors (Lipinski definition) is 0. The zero-order valence-electron chi connectivity index (χ0n) is 8.68. The number of hydrogen-bond acceptors (Lipinski definition) is 0. The summed E-state index contributed by atoms with van der Waals surface area (Å²) in [4.78, 5) is 0. The first-order valence-electron chi connectivity index (χ1n) is 5.25. The summed E-state index contributed by atoms with van der Waals surface area (Å²) in [5.74, 6) is 0.810. The number of allylic oxidation sites excluding steroid dienone is 2. The zero-order chi connectivity index (χ0) is 9.23. The molecule has 1 radical (unpaired) electrons. The quantitative estimate of drug-likeness (QED) is 0.390. The van der Waals surface area contributed by atoms with Crippen LogP contribution in [0.4, 0.5) is 0 Å². The molecule has 0 spiro atoms. The van der Waals surface area contributed by atoms with Gasteiger partial charge in [0.25, 0.3) is 0 Å². The summed E-state index contributed by atoms with van der Waals surface area (Å²) < 4.78 is 0. The van der Waals surface area contributed by atoms with Gasteiger partial charge in [-0.25, -0.2) is 0 Å². The van der Waals surface area contributed by atoms with Gasteiger partial charge in [0.2, 0.25) is 0 Å². The Bertz CT molecular complexity index is 103. The van der Waals surface area contributed by atoms with E-state index in [1.807, 2.05) is 0 Å². The molecule has 0 heteroatoms. The SMILES string of the molecule is [CH2]CC(C)CCC/C=C/CCC. The Labute approximate surface area is 78.1 Å². The molecule has 0 aliphatic carbocycles. The molecule has 0 N–H and O–H groups in total. The lowest BCUT2D eigenvalue weighted by Gasteiger charge is -2.05. The van der Waals surface area contributed by atoms with Crippen LogP contribution in [0.1, 0.15) is 52.4 Å². The van der Waals surface area contributed by atoms with E-state index in [9.17, 15) is 0 Å². The third-order valence-electron chi connectivity index (χ3n) is 2.18. The van der Waals surface area contributed by atoms with Crippen molar-refractivity contribution in [3.63, 3.8) is 0 Å². The van der Waals surface area contributed by atoms with Crippen molar-refractivity contribution in [3.8, 4) is 0 Å². The van der Waals surface area contributed by atoms with Gasteiger partial charge in [-0.1, -0.05) is 52.2 Å². The van der Waals surface area contributed by atoms with E-state index in [1.165, 1.54) is 32.1 Å². The van der Waals surface area contributed by atoms with E-state index in [0.29, 0.717) is 0 Å². The predicted molar refractivity (Wildman–Crippen MR) is 57.0 cm³/mol. The molecule has 0 saturated carbocycles. The van der Waals surface area contributed by atoms with E-state index in [-0.39, 0.29) is 0 Å². The number of unbranched alkanes of at least 4 members (excludes halogenated alkanes) is 2. The lowest BCUT2D eigenvalue weighted by molar-refractivity contribution is 0.518. The second-order valence-electron chi connectivity index (χ2n) is 3.58. The van der Waals surface area contributed by atoms with Crippen molar-refractivity contribution in [2.45, 2.75) is 52.4 Å². The largest absolute Gasteiger partial charge is 0.0885 e. The molecule has 12 heavy (non-hydrogen) atoms. The molecular formula is C12H23. The molecular weight excluding hydrogens is 144 g/mol.